The van der Waals surface area contributed by atoms with Crippen LogP contribution in [0.5, 0.6) is 5.75 Å². The smallest absolute Gasteiger partial charge is 0.125 e. The fourth-order valence-corrected chi connectivity index (χ4v) is 2.89. The number of rotatable bonds is 4. The SMILES string of the molecule is OC1c2ccccc2OCC1NCCc1ccc(F)cc1Cl. The molecule has 0 saturated carbocycles. The van der Waals surface area contributed by atoms with Crippen LogP contribution in [-0.2, 0) is 6.42 Å². The van der Waals surface area contributed by atoms with Crippen LogP contribution in [0.1, 0.15) is 17.2 Å². The summed E-state index contributed by atoms with van der Waals surface area (Å²) in [6, 6.07) is 11.7. The lowest BCUT2D eigenvalue weighted by atomic mass is 9.99. The first kappa shape index (κ1) is 15.3. The summed E-state index contributed by atoms with van der Waals surface area (Å²) >= 11 is 6.00. The largest absolute Gasteiger partial charge is 0.491 e. The number of aliphatic hydroxyl groups is 1. The van der Waals surface area contributed by atoms with Gasteiger partial charge in [-0.15, -0.1) is 0 Å². The Balaban J connectivity index is 1.58. The molecular weight excluding hydrogens is 305 g/mol. The molecule has 2 N–H and O–H groups in total. The number of para-hydroxylation sites is 1. The van der Waals surface area contributed by atoms with Gasteiger partial charge >= 0.3 is 0 Å². The monoisotopic (exact) mass is 321 g/mol. The highest BCUT2D eigenvalue weighted by Gasteiger charge is 2.28. The van der Waals surface area contributed by atoms with Crippen LogP contribution in [0, 0.1) is 5.82 Å². The molecule has 2 aromatic carbocycles. The van der Waals surface area contributed by atoms with Gasteiger partial charge in [0.05, 0.1) is 6.04 Å². The highest BCUT2D eigenvalue weighted by molar-refractivity contribution is 6.31. The maximum atomic E-state index is 13.0. The fourth-order valence-electron chi connectivity index (χ4n) is 2.63. The normalized spacial score (nSPS) is 20.3. The average molecular weight is 322 g/mol. The predicted molar refractivity (Wildman–Crippen MR) is 83.8 cm³/mol. The van der Waals surface area contributed by atoms with E-state index in [0.717, 1.165) is 16.9 Å². The van der Waals surface area contributed by atoms with Gasteiger partial charge < -0.3 is 15.2 Å². The minimum atomic E-state index is -0.603. The maximum absolute atomic E-state index is 13.0. The highest BCUT2D eigenvalue weighted by atomic mass is 35.5. The van der Waals surface area contributed by atoms with Crippen LogP contribution >= 0.6 is 11.6 Å². The molecule has 0 spiro atoms. The molecule has 0 aliphatic carbocycles. The van der Waals surface area contributed by atoms with Crippen molar-refractivity contribution in [3.8, 4) is 5.75 Å². The van der Waals surface area contributed by atoms with Gasteiger partial charge in [-0.05, 0) is 36.7 Å². The standard InChI is InChI=1S/C17H17ClFNO2/c18-14-9-12(19)6-5-11(14)7-8-20-15-10-22-16-4-2-1-3-13(16)17(15)21/h1-6,9,15,17,20-21H,7-8,10H2. The summed E-state index contributed by atoms with van der Waals surface area (Å²) in [5, 5.41) is 14.1. The van der Waals surface area contributed by atoms with Crippen LogP contribution in [-0.4, -0.2) is 24.3 Å². The molecule has 116 valence electrons. The molecule has 3 rings (SSSR count). The summed E-state index contributed by atoms with van der Waals surface area (Å²) in [5.74, 6) is 0.393. The molecule has 0 fully saturated rings. The highest BCUT2D eigenvalue weighted by Crippen LogP contribution is 2.31. The van der Waals surface area contributed by atoms with E-state index in [4.69, 9.17) is 16.3 Å². The number of ether oxygens (including phenoxy) is 1. The van der Waals surface area contributed by atoms with Crippen molar-refractivity contribution in [3.05, 3.63) is 64.4 Å². The second-order valence-electron chi connectivity index (χ2n) is 5.34. The van der Waals surface area contributed by atoms with Crippen molar-refractivity contribution >= 4 is 11.6 Å². The molecule has 0 bridgehead atoms. The van der Waals surface area contributed by atoms with Gasteiger partial charge in [-0.2, -0.15) is 0 Å². The van der Waals surface area contributed by atoms with Gasteiger partial charge in [-0.3, -0.25) is 0 Å². The van der Waals surface area contributed by atoms with Gasteiger partial charge in [-0.25, -0.2) is 4.39 Å². The van der Waals surface area contributed by atoms with E-state index < -0.39 is 6.10 Å². The molecule has 0 aromatic heterocycles. The minimum absolute atomic E-state index is 0.172. The summed E-state index contributed by atoms with van der Waals surface area (Å²) in [6.07, 6.45) is 0.0536. The Morgan fingerprint density at radius 1 is 1.27 bits per heavy atom. The Bertz CT molecular complexity index is 665. The molecule has 0 radical (unpaired) electrons. The lowest BCUT2D eigenvalue weighted by Crippen LogP contribution is -2.43. The number of nitrogens with one attached hydrogen (secondary N) is 1. The summed E-state index contributed by atoms with van der Waals surface area (Å²) in [7, 11) is 0. The van der Waals surface area contributed by atoms with Crippen LogP contribution in [0.2, 0.25) is 5.02 Å². The van der Waals surface area contributed by atoms with Crippen molar-refractivity contribution in [1.29, 1.82) is 0 Å². The summed E-state index contributed by atoms with van der Waals surface area (Å²) in [6.45, 7) is 1.04. The first-order chi connectivity index (χ1) is 10.6. The van der Waals surface area contributed by atoms with Crippen molar-refractivity contribution in [1.82, 2.24) is 5.32 Å². The Morgan fingerprint density at radius 3 is 2.91 bits per heavy atom. The first-order valence-corrected chi connectivity index (χ1v) is 7.60. The van der Waals surface area contributed by atoms with Gasteiger partial charge in [0, 0.05) is 10.6 Å². The number of hydrogen-bond donors (Lipinski definition) is 2. The van der Waals surface area contributed by atoms with E-state index in [1.165, 1.54) is 12.1 Å². The molecule has 0 amide bonds. The third-order valence-electron chi connectivity index (χ3n) is 3.85. The Kier molecular flexibility index (Phi) is 4.62. The molecule has 1 aliphatic rings. The second kappa shape index (κ2) is 6.65. The van der Waals surface area contributed by atoms with Crippen molar-refractivity contribution in [2.24, 2.45) is 0 Å². The van der Waals surface area contributed by atoms with Crippen molar-refractivity contribution in [2.45, 2.75) is 18.6 Å². The van der Waals surface area contributed by atoms with Crippen LogP contribution < -0.4 is 10.1 Å². The third-order valence-corrected chi connectivity index (χ3v) is 4.21. The lowest BCUT2D eigenvalue weighted by molar-refractivity contribution is 0.0739. The Hall–Kier alpha value is -1.62. The zero-order chi connectivity index (χ0) is 15.5. The van der Waals surface area contributed by atoms with Gasteiger partial charge in [0.15, 0.2) is 0 Å². The van der Waals surface area contributed by atoms with E-state index in [1.807, 2.05) is 24.3 Å². The van der Waals surface area contributed by atoms with E-state index in [1.54, 1.807) is 6.07 Å². The molecule has 1 heterocycles. The number of aliphatic hydroxyl groups excluding tert-OH is 1. The van der Waals surface area contributed by atoms with Gasteiger partial charge in [0.2, 0.25) is 0 Å². The quantitative estimate of drug-likeness (QED) is 0.909. The molecule has 5 heteroatoms. The topological polar surface area (TPSA) is 41.5 Å². The first-order valence-electron chi connectivity index (χ1n) is 7.22. The molecule has 2 atom stereocenters. The number of benzene rings is 2. The lowest BCUT2D eigenvalue weighted by Gasteiger charge is -2.31. The third kappa shape index (κ3) is 3.24. The summed E-state index contributed by atoms with van der Waals surface area (Å²) in [4.78, 5) is 0. The summed E-state index contributed by atoms with van der Waals surface area (Å²) < 4.78 is 18.7. The van der Waals surface area contributed by atoms with E-state index in [9.17, 15) is 9.50 Å². The zero-order valence-electron chi connectivity index (χ0n) is 11.9. The molecule has 2 aromatic rings. The van der Waals surface area contributed by atoms with Crippen LogP contribution in [0.25, 0.3) is 0 Å². The molecule has 3 nitrogen and oxygen atoms in total. The van der Waals surface area contributed by atoms with Crippen LogP contribution in [0.3, 0.4) is 0 Å². The van der Waals surface area contributed by atoms with Gasteiger partial charge in [-0.1, -0.05) is 35.9 Å². The van der Waals surface area contributed by atoms with E-state index in [-0.39, 0.29) is 11.9 Å². The van der Waals surface area contributed by atoms with Crippen molar-refractivity contribution in [2.75, 3.05) is 13.2 Å². The van der Waals surface area contributed by atoms with Crippen LogP contribution in [0.4, 0.5) is 4.39 Å². The maximum Gasteiger partial charge on any atom is 0.125 e. The van der Waals surface area contributed by atoms with Crippen molar-refractivity contribution < 1.29 is 14.2 Å². The fraction of sp³-hybridized carbons (Fsp3) is 0.294. The second-order valence-corrected chi connectivity index (χ2v) is 5.75. The number of hydrogen-bond acceptors (Lipinski definition) is 3. The molecule has 22 heavy (non-hydrogen) atoms. The zero-order valence-corrected chi connectivity index (χ0v) is 12.7. The van der Waals surface area contributed by atoms with E-state index >= 15 is 0 Å². The minimum Gasteiger partial charge on any atom is -0.491 e. The predicted octanol–water partition coefficient (Wildman–Crippen LogP) is 3.11. The number of halogens is 2. The van der Waals surface area contributed by atoms with Gasteiger partial charge in [0.25, 0.3) is 0 Å². The average Bonchev–Trinajstić information content (AvgIpc) is 2.52. The van der Waals surface area contributed by atoms with Gasteiger partial charge in [0.1, 0.15) is 24.3 Å². The molecule has 1 aliphatic heterocycles. The van der Waals surface area contributed by atoms with Crippen molar-refractivity contribution in [3.63, 3.8) is 0 Å². The Morgan fingerprint density at radius 2 is 2.09 bits per heavy atom. The molecule has 2 unspecified atom stereocenters. The molecule has 0 saturated heterocycles. The Labute approximate surface area is 133 Å². The summed E-state index contributed by atoms with van der Waals surface area (Å²) in [5.41, 5.74) is 1.67. The van der Waals surface area contributed by atoms with E-state index in [0.29, 0.717) is 24.6 Å². The van der Waals surface area contributed by atoms with Crippen LogP contribution in [0.15, 0.2) is 42.5 Å². The number of fused-ring (bicyclic) bond motifs is 1. The molecular formula is C17H17ClFNO2. The van der Waals surface area contributed by atoms with E-state index in [2.05, 4.69) is 5.32 Å².